The van der Waals surface area contributed by atoms with Gasteiger partial charge in [0.25, 0.3) is 0 Å². The van der Waals surface area contributed by atoms with Gasteiger partial charge in [-0.2, -0.15) is 11.8 Å². The molecular formula is C10H21N3OS. The highest BCUT2D eigenvalue weighted by molar-refractivity contribution is 7.99. The van der Waals surface area contributed by atoms with Crippen molar-refractivity contribution in [1.29, 1.82) is 0 Å². The lowest BCUT2D eigenvalue weighted by atomic mass is 9.95. The molecule has 1 rings (SSSR count). The van der Waals surface area contributed by atoms with Crippen LogP contribution >= 0.6 is 11.8 Å². The van der Waals surface area contributed by atoms with Crippen molar-refractivity contribution in [3.05, 3.63) is 0 Å². The predicted molar refractivity (Wildman–Crippen MR) is 64.7 cm³/mol. The lowest BCUT2D eigenvalue weighted by Crippen LogP contribution is -2.47. The van der Waals surface area contributed by atoms with Crippen LogP contribution < -0.4 is 16.8 Å². The third-order valence-corrected chi connectivity index (χ3v) is 4.14. The zero-order chi connectivity index (χ0) is 11.3. The molecule has 4 nitrogen and oxygen atoms in total. The van der Waals surface area contributed by atoms with Crippen molar-refractivity contribution in [2.75, 3.05) is 12.8 Å². The van der Waals surface area contributed by atoms with Crippen LogP contribution in [0.15, 0.2) is 0 Å². The Morgan fingerprint density at radius 3 is 2.53 bits per heavy atom. The van der Waals surface area contributed by atoms with Gasteiger partial charge in [0.1, 0.15) is 0 Å². The van der Waals surface area contributed by atoms with Gasteiger partial charge in [0, 0.05) is 17.8 Å². The summed E-state index contributed by atoms with van der Waals surface area (Å²) in [7, 11) is 0. The Morgan fingerprint density at radius 2 is 2.07 bits per heavy atom. The van der Waals surface area contributed by atoms with Gasteiger partial charge >= 0.3 is 0 Å². The molecule has 1 fully saturated rings. The average molecular weight is 231 g/mol. The van der Waals surface area contributed by atoms with Crippen LogP contribution in [0.4, 0.5) is 0 Å². The van der Waals surface area contributed by atoms with Gasteiger partial charge in [0.2, 0.25) is 5.91 Å². The quantitative estimate of drug-likeness (QED) is 0.625. The molecular weight excluding hydrogens is 210 g/mol. The zero-order valence-electron chi connectivity index (χ0n) is 9.24. The molecule has 15 heavy (non-hydrogen) atoms. The first-order valence-electron chi connectivity index (χ1n) is 5.44. The van der Waals surface area contributed by atoms with Crippen molar-refractivity contribution in [3.63, 3.8) is 0 Å². The van der Waals surface area contributed by atoms with Crippen molar-refractivity contribution in [2.24, 2.45) is 11.5 Å². The van der Waals surface area contributed by atoms with E-state index in [1.165, 1.54) is 25.7 Å². The van der Waals surface area contributed by atoms with Gasteiger partial charge in [0.05, 0.1) is 6.04 Å². The fraction of sp³-hybridized carbons (Fsp3) is 0.900. The average Bonchev–Trinajstić information content (AvgIpc) is 2.26. The Balaban J connectivity index is 2.16. The maximum Gasteiger partial charge on any atom is 0.235 e. The molecule has 0 aromatic carbocycles. The summed E-state index contributed by atoms with van der Waals surface area (Å²) in [5.41, 5.74) is 10.6. The van der Waals surface area contributed by atoms with E-state index in [0.29, 0.717) is 12.6 Å². The molecule has 0 aromatic heterocycles. The van der Waals surface area contributed by atoms with E-state index in [4.69, 9.17) is 11.5 Å². The number of carbonyl (C=O) groups is 1. The van der Waals surface area contributed by atoms with Gasteiger partial charge in [-0.1, -0.05) is 0 Å². The third-order valence-electron chi connectivity index (χ3n) is 3.00. The highest BCUT2D eigenvalue weighted by Crippen LogP contribution is 2.26. The standard InChI is InChI=1S/C10H21N3OS/c1-15-8-4-2-7(3-5-8)13-6-9(11)10(12)14/h7-9,13H,2-6,11H2,1H3,(H2,12,14). The molecule has 5 N–H and O–H groups in total. The van der Waals surface area contributed by atoms with Crippen molar-refractivity contribution >= 4 is 17.7 Å². The maximum absolute atomic E-state index is 10.7. The normalized spacial score (nSPS) is 28.7. The Labute approximate surface area is 95.5 Å². The van der Waals surface area contributed by atoms with E-state index in [1.54, 1.807) is 0 Å². The summed E-state index contributed by atoms with van der Waals surface area (Å²) in [4.78, 5) is 10.7. The number of nitrogens with one attached hydrogen (secondary N) is 1. The van der Waals surface area contributed by atoms with Crippen molar-refractivity contribution in [1.82, 2.24) is 5.32 Å². The van der Waals surface area contributed by atoms with E-state index in [2.05, 4.69) is 11.6 Å². The topological polar surface area (TPSA) is 81.1 Å². The van der Waals surface area contributed by atoms with Crippen LogP contribution in [0, 0.1) is 0 Å². The summed E-state index contributed by atoms with van der Waals surface area (Å²) in [6, 6.07) is -0.0397. The molecule has 0 aliphatic heterocycles. The molecule has 1 saturated carbocycles. The molecule has 0 aromatic rings. The minimum absolute atomic E-state index is 0.430. The number of nitrogens with two attached hydrogens (primary N) is 2. The summed E-state index contributed by atoms with van der Waals surface area (Å²) in [5, 5.41) is 4.13. The van der Waals surface area contributed by atoms with E-state index in [0.717, 1.165) is 5.25 Å². The first kappa shape index (κ1) is 12.8. The van der Waals surface area contributed by atoms with Gasteiger partial charge < -0.3 is 16.8 Å². The second-order valence-electron chi connectivity index (χ2n) is 4.13. The number of thioether (sulfide) groups is 1. The van der Waals surface area contributed by atoms with E-state index >= 15 is 0 Å². The largest absolute Gasteiger partial charge is 0.368 e. The van der Waals surface area contributed by atoms with Crippen LogP contribution in [-0.4, -0.2) is 36.0 Å². The Kier molecular flexibility index (Phi) is 5.42. The second-order valence-corrected chi connectivity index (χ2v) is 5.26. The van der Waals surface area contributed by atoms with Gasteiger partial charge in [0.15, 0.2) is 0 Å². The molecule has 1 unspecified atom stereocenters. The first-order valence-corrected chi connectivity index (χ1v) is 6.73. The minimum atomic E-state index is -0.553. The predicted octanol–water partition coefficient (Wildman–Crippen LogP) is 0.0628. The van der Waals surface area contributed by atoms with Crippen molar-refractivity contribution in [2.45, 2.75) is 43.0 Å². The smallest absolute Gasteiger partial charge is 0.235 e. The Morgan fingerprint density at radius 1 is 1.47 bits per heavy atom. The molecule has 0 spiro atoms. The van der Waals surface area contributed by atoms with Gasteiger partial charge in [-0.05, 0) is 31.9 Å². The van der Waals surface area contributed by atoms with E-state index in [-0.39, 0.29) is 0 Å². The van der Waals surface area contributed by atoms with Crippen LogP contribution in [0.25, 0.3) is 0 Å². The number of hydrogen-bond donors (Lipinski definition) is 3. The summed E-state index contributed by atoms with van der Waals surface area (Å²) < 4.78 is 0. The fourth-order valence-electron chi connectivity index (χ4n) is 1.90. The number of hydrogen-bond acceptors (Lipinski definition) is 4. The molecule has 88 valence electrons. The third kappa shape index (κ3) is 4.40. The molecule has 0 saturated heterocycles. The second kappa shape index (κ2) is 6.35. The number of rotatable bonds is 5. The van der Waals surface area contributed by atoms with Gasteiger partial charge in [-0.3, -0.25) is 4.79 Å². The number of carbonyl (C=O) groups excluding carboxylic acids is 1. The highest BCUT2D eigenvalue weighted by atomic mass is 32.2. The lowest BCUT2D eigenvalue weighted by Gasteiger charge is -2.28. The molecule has 0 radical (unpaired) electrons. The van der Waals surface area contributed by atoms with E-state index < -0.39 is 11.9 Å². The van der Waals surface area contributed by atoms with Crippen molar-refractivity contribution < 1.29 is 4.79 Å². The van der Waals surface area contributed by atoms with Crippen LogP contribution in [0.3, 0.4) is 0 Å². The SMILES string of the molecule is CSC1CCC(NCC(N)C(N)=O)CC1. The van der Waals surface area contributed by atoms with E-state index in [1.807, 2.05) is 11.8 Å². The molecule has 0 bridgehead atoms. The van der Waals surface area contributed by atoms with Crippen LogP contribution in [0.5, 0.6) is 0 Å². The molecule has 1 atom stereocenters. The van der Waals surface area contributed by atoms with Gasteiger partial charge in [-0.25, -0.2) is 0 Å². The summed E-state index contributed by atoms with van der Waals surface area (Å²) in [6.07, 6.45) is 7.03. The highest BCUT2D eigenvalue weighted by Gasteiger charge is 2.20. The lowest BCUT2D eigenvalue weighted by molar-refractivity contribution is -0.119. The Bertz CT molecular complexity index is 205. The monoisotopic (exact) mass is 231 g/mol. The van der Waals surface area contributed by atoms with Gasteiger partial charge in [-0.15, -0.1) is 0 Å². The maximum atomic E-state index is 10.7. The number of primary amides is 1. The zero-order valence-corrected chi connectivity index (χ0v) is 10.1. The summed E-state index contributed by atoms with van der Waals surface area (Å²) in [6.45, 7) is 0.504. The fourth-order valence-corrected chi connectivity index (χ4v) is 2.64. The van der Waals surface area contributed by atoms with Crippen LogP contribution in [0.1, 0.15) is 25.7 Å². The number of amides is 1. The molecule has 0 heterocycles. The molecule has 1 aliphatic carbocycles. The first-order chi connectivity index (χ1) is 7.13. The van der Waals surface area contributed by atoms with E-state index in [9.17, 15) is 4.79 Å². The summed E-state index contributed by atoms with van der Waals surface area (Å²) >= 11 is 1.95. The molecule has 1 aliphatic rings. The van der Waals surface area contributed by atoms with Crippen LogP contribution in [-0.2, 0) is 4.79 Å². The molecule has 5 heteroatoms. The molecule has 1 amide bonds. The minimum Gasteiger partial charge on any atom is -0.368 e. The van der Waals surface area contributed by atoms with Crippen LogP contribution in [0.2, 0.25) is 0 Å². The summed E-state index contributed by atoms with van der Waals surface area (Å²) in [5.74, 6) is -0.430. The van der Waals surface area contributed by atoms with Crippen molar-refractivity contribution in [3.8, 4) is 0 Å². The Hall–Kier alpha value is -0.260.